The van der Waals surface area contributed by atoms with Gasteiger partial charge in [0.25, 0.3) is 0 Å². The minimum atomic E-state index is -0.230. The number of rotatable bonds is 2. The van der Waals surface area contributed by atoms with E-state index in [0.717, 1.165) is 58.5 Å². The first-order valence-electron chi connectivity index (χ1n) is 7.27. The molecule has 4 unspecified atom stereocenters. The van der Waals surface area contributed by atoms with Crippen molar-refractivity contribution < 1.29 is 19.3 Å². The molecular formula is C14H24O4. The quantitative estimate of drug-likeness (QED) is 0.810. The van der Waals surface area contributed by atoms with Crippen LogP contribution in [0.3, 0.4) is 0 Å². The molecule has 4 atom stereocenters. The second kappa shape index (κ2) is 5.45. The zero-order chi connectivity index (χ0) is 12.4. The van der Waals surface area contributed by atoms with E-state index in [0.29, 0.717) is 18.4 Å². The summed E-state index contributed by atoms with van der Waals surface area (Å²) in [5.41, 5.74) is -0.0978. The average Bonchev–Trinajstić information content (AvgIpc) is 2.87. The molecule has 18 heavy (non-hydrogen) atoms. The predicted molar refractivity (Wildman–Crippen MR) is 66.4 cm³/mol. The topological polar surface area (TPSA) is 47.9 Å². The first kappa shape index (κ1) is 12.9. The molecule has 0 aromatic rings. The minimum Gasteiger partial charge on any atom is -0.392 e. The second-order valence-electron chi connectivity index (χ2n) is 6.05. The fourth-order valence-electron chi connectivity index (χ4n) is 3.64. The largest absolute Gasteiger partial charge is 0.392 e. The maximum atomic E-state index is 10.6. The van der Waals surface area contributed by atoms with Gasteiger partial charge in [-0.05, 0) is 31.6 Å². The van der Waals surface area contributed by atoms with E-state index >= 15 is 0 Å². The van der Waals surface area contributed by atoms with Crippen LogP contribution >= 0.6 is 0 Å². The van der Waals surface area contributed by atoms with E-state index in [2.05, 4.69) is 0 Å². The lowest BCUT2D eigenvalue weighted by molar-refractivity contribution is -0.131. The van der Waals surface area contributed by atoms with Crippen molar-refractivity contribution in [2.24, 2.45) is 11.8 Å². The maximum Gasteiger partial charge on any atom is 0.0940 e. The van der Waals surface area contributed by atoms with E-state index in [1.807, 2.05) is 0 Å². The van der Waals surface area contributed by atoms with Gasteiger partial charge in [-0.2, -0.15) is 0 Å². The van der Waals surface area contributed by atoms with E-state index in [1.165, 1.54) is 0 Å². The smallest absolute Gasteiger partial charge is 0.0940 e. The molecule has 0 bridgehead atoms. The fourth-order valence-corrected chi connectivity index (χ4v) is 3.64. The summed E-state index contributed by atoms with van der Waals surface area (Å²) in [7, 11) is 0. The van der Waals surface area contributed by atoms with Gasteiger partial charge in [0, 0.05) is 32.2 Å². The Hall–Kier alpha value is -0.160. The third-order valence-corrected chi connectivity index (χ3v) is 4.76. The molecule has 3 saturated heterocycles. The molecule has 4 heteroatoms. The van der Waals surface area contributed by atoms with Crippen LogP contribution in [0.2, 0.25) is 0 Å². The van der Waals surface area contributed by atoms with Gasteiger partial charge in [0.15, 0.2) is 0 Å². The molecule has 0 radical (unpaired) electrons. The highest BCUT2D eigenvalue weighted by atomic mass is 16.6. The molecule has 0 saturated carbocycles. The summed E-state index contributed by atoms with van der Waals surface area (Å²) in [6.45, 7) is 3.85. The van der Waals surface area contributed by atoms with Gasteiger partial charge in [-0.3, -0.25) is 0 Å². The SMILES string of the molecule is OC(C1CCCOC1)C1CCOC2(CCOC2)C1. The van der Waals surface area contributed by atoms with Gasteiger partial charge >= 0.3 is 0 Å². The molecule has 0 amide bonds. The number of aliphatic hydroxyl groups excluding tert-OH is 1. The minimum absolute atomic E-state index is 0.0978. The summed E-state index contributed by atoms with van der Waals surface area (Å²) in [6.07, 6.45) is 4.86. The summed E-state index contributed by atoms with van der Waals surface area (Å²) in [6, 6.07) is 0. The molecule has 1 N–H and O–H groups in total. The van der Waals surface area contributed by atoms with Crippen LogP contribution in [0.4, 0.5) is 0 Å². The van der Waals surface area contributed by atoms with Crippen molar-refractivity contribution >= 4 is 0 Å². The summed E-state index contributed by atoms with van der Waals surface area (Å²) >= 11 is 0. The first-order chi connectivity index (χ1) is 8.79. The molecule has 0 aliphatic carbocycles. The molecule has 3 rings (SSSR count). The van der Waals surface area contributed by atoms with Gasteiger partial charge in [0.2, 0.25) is 0 Å². The predicted octanol–water partition coefficient (Wildman–Crippen LogP) is 1.36. The van der Waals surface area contributed by atoms with Gasteiger partial charge in [0.05, 0.1) is 24.9 Å². The van der Waals surface area contributed by atoms with E-state index in [9.17, 15) is 5.11 Å². The van der Waals surface area contributed by atoms with Gasteiger partial charge in [-0.15, -0.1) is 0 Å². The van der Waals surface area contributed by atoms with E-state index in [1.54, 1.807) is 0 Å². The van der Waals surface area contributed by atoms with Crippen molar-refractivity contribution in [3.63, 3.8) is 0 Å². The molecule has 0 aromatic heterocycles. The zero-order valence-electron chi connectivity index (χ0n) is 11.0. The Morgan fingerprint density at radius 3 is 2.72 bits per heavy atom. The lowest BCUT2D eigenvalue weighted by atomic mass is 9.77. The first-order valence-corrected chi connectivity index (χ1v) is 7.27. The van der Waals surface area contributed by atoms with E-state index < -0.39 is 0 Å². The van der Waals surface area contributed by atoms with Crippen LogP contribution in [0.1, 0.15) is 32.1 Å². The highest BCUT2D eigenvalue weighted by Gasteiger charge is 2.44. The van der Waals surface area contributed by atoms with Crippen LogP contribution in [0.15, 0.2) is 0 Å². The number of hydrogen-bond donors (Lipinski definition) is 1. The Morgan fingerprint density at radius 1 is 1.06 bits per heavy atom. The Morgan fingerprint density at radius 2 is 2.00 bits per heavy atom. The molecule has 1 spiro atoms. The Kier molecular flexibility index (Phi) is 3.89. The van der Waals surface area contributed by atoms with Crippen molar-refractivity contribution in [1.82, 2.24) is 0 Å². The number of ether oxygens (including phenoxy) is 3. The lowest BCUT2D eigenvalue weighted by Gasteiger charge is -2.41. The van der Waals surface area contributed by atoms with Crippen LogP contribution in [-0.4, -0.2) is 49.8 Å². The average molecular weight is 256 g/mol. The van der Waals surface area contributed by atoms with Crippen molar-refractivity contribution in [2.75, 3.05) is 33.0 Å². The van der Waals surface area contributed by atoms with E-state index in [4.69, 9.17) is 14.2 Å². The van der Waals surface area contributed by atoms with Crippen molar-refractivity contribution in [3.8, 4) is 0 Å². The van der Waals surface area contributed by atoms with Crippen LogP contribution in [0.25, 0.3) is 0 Å². The standard InChI is InChI=1S/C14H24O4/c15-13(12-2-1-5-16-9-12)11-3-6-18-14(8-11)4-7-17-10-14/h11-13,15H,1-10H2. The molecular weight excluding hydrogens is 232 g/mol. The molecule has 104 valence electrons. The summed E-state index contributed by atoms with van der Waals surface area (Å²) in [5.74, 6) is 0.674. The van der Waals surface area contributed by atoms with Crippen molar-refractivity contribution in [2.45, 2.75) is 43.8 Å². The second-order valence-corrected chi connectivity index (χ2v) is 6.05. The normalized spacial score (nSPS) is 43.2. The summed E-state index contributed by atoms with van der Waals surface area (Å²) in [4.78, 5) is 0. The van der Waals surface area contributed by atoms with Crippen LogP contribution in [0.5, 0.6) is 0 Å². The van der Waals surface area contributed by atoms with Crippen LogP contribution in [-0.2, 0) is 14.2 Å². The Bertz CT molecular complexity index is 269. The highest BCUT2D eigenvalue weighted by Crippen LogP contribution is 2.39. The summed E-state index contributed by atoms with van der Waals surface area (Å²) < 4.78 is 16.9. The number of hydrogen-bond acceptors (Lipinski definition) is 4. The van der Waals surface area contributed by atoms with Gasteiger partial charge in [-0.1, -0.05) is 0 Å². The highest BCUT2D eigenvalue weighted by molar-refractivity contribution is 4.93. The molecule has 4 nitrogen and oxygen atoms in total. The Labute approximate surface area is 109 Å². The van der Waals surface area contributed by atoms with E-state index in [-0.39, 0.29) is 11.7 Å². The van der Waals surface area contributed by atoms with Crippen LogP contribution in [0, 0.1) is 11.8 Å². The van der Waals surface area contributed by atoms with Gasteiger partial charge < -0.3 is 19.3 Å². The van der Waals surface area contributed by atoms with Gasteiger partial charge in [0.1, 0.15) is 0 Å². The van der Waals surface area contributed by atoms with Crippen molar-refractivity contribution in [1.29, 1.82) is 0 Å². The Balaban J connectivity index is 1.60. The maximum absolute atomic E-state index is 10.6. The molecule has 3 heterocycles. The zero-order valence-corrected chi connectivity index (χ0v) is 11.0. The molecule has 3 aliphatic heterocycles. The lowest BCUT2D eigenvalue weighted by Crippen LogP contribution is -2.46. The van der Waals surface area contributed by atoms with Crippen molar-refractivity contribution in [3.05, 3.63) is 0 Å². The van der Waals surface area contributed by atoms with Crippen LogP contribution < -0.4 is 0 Å². The fraction of sp³-hybridized carbons (Fsp3) is 1.00. The number of aliphatic hydroxyl groups is 1. The molecule has 3 aliphatic rings. The molecule has 0 aromatic carbocycles. The third-order valence-electron chi connectivity index (χ3n) is 4.76. The summed E-state index contributed by atoms with van der Waals surface area (Å²) in [5, 5.41) is 10.6. The monoisotopic (exact) mass is 256 g/mol. The third kappa shape index (κ3) is 2.57. The van der Waals surface area contributed by atoms with Gasteiger partial charge in [-0.25, -0.2) is 0 Å². The molecule has 3 fully saturated rings.